The Balaban J connectivity index is 2.03. The van der Waals surface area contributed by atoms with Crippen molar-refractivity contribution in [2.75, 3.05) is 37.3 Å². The summed E-state index contributed by atoms with van der Waals surface area (Å²) in [5, 5.41) is 3.24. The third-order valence-corrected chi connectivity index (χ3v) is 4.38. The van der Waals surface area contributed by atoms with Gasteiger partial charge in [0.15, 0.2) is 0 Å². The molecule has 1 aromatic rings. The molecule has 5 N–H and O–H groups in total. The van der Waals surface area contributed by atoms with E-state index in [0.717, 1.165) is 19.4 Å². The van der Waals surface area contributed by atoms with Crippen LogP contribution >= 0.6 is 0 Å². The molecule has 8 nitrogen and oxygen atoms in total. The zero-order chi connectivity index (χ0) is 20.9. The monoisotopic (exact) mass is 392 g/mol. The molecule has 8 heteroatoms. The number of carbonyl (C=O) groups is 2. The van der Waals surface area contributed by atoms with Gasteiger partial charge in [-0.05, 0) is 45.7 Å². The summed E-state index contributed by atoms with van der Waals surface area (Å²) in [5.41, 5.74) is 12.3. The Bertz CT molecular complexity index is 715. The third kappa shape index (κ3) is 5.94. The highest BCUT2D eigenvalue weighted by Crippen LogP contribution is 2.33. The summed E-state index contributed by atoms with van der Waals surface area (Å²) < 4.78 is 11.4. The van der Waals surface area contributed by atoms with Crippen LogP contribution in [0.2, 0.25) is 0 Å². The van der Waals surface area contributed by atoms with E-state index in [1.165, 1.54) is 0 Å². The van der Waals surface area contributed by atoms with E-state index in [1.54, 1.807) is 17.0 Å². The average molecular weight is 393 g/mol. The number of rotatable bonds is 7. The lowest BCUT2D eigenvalue weighted by Gasteiger charge is -2.24. The molecule has 1 unspecified atom stereocenters. The number of amides is 2. The first-order valence-corrected chi connectivity index (χ1v) is 9.68. The van der Waals surface area contributed by atoms with Crippen LogP contribution < -0.4 is 21.5 Å². The number of hydrogen-bond donors (Lipinski definition) is 3. The van der Waals surface area contributed by atoms with Gasteiger partial charge < -0.3 is 31.2 Å². The first kappa shape index (κ1) is 21.7. The zero-order valence-electron chi connectivity index (χ0n) is 17.2. The van der Waals surface area contributed by atoms with E-state index in [1.807, 2.05) is 27.7 Å². The van der Waals surface area contributed by atoms with Crippen LogP contribution in [-0.2, 0) is 4.74 Å². The zero-order valence-corrected chi connectivity index (χ0v) is 17.2. The maximum Gasteiger partial charge on any atom is 0.410 e. The first-order chi connectivity index (χ1) is 13.1. The molecule has 1 aliphatic rings. The number of likely N-dealkylation sites (tertiary alicyclic amines) is 1. The molecule has 1 fully saturated rings. The molecule has 0 aromatic heterocycles. The van der Waals surface area contributed by atoms with Crippen molar-refractivity contribution in [1.29, 1.82) is 0 Å². The van der Waals surface area contributed by atoms with Crippen LogP contribution in [0.15, 0.2) is 12.1 Å². The maximum absolute atomic E-state index is 12.2. The second-order valence-electron chi connectivity index (χ2n) is 8.12. The van der Waals surface area contributed by atoms with E-state index in [2.05, 4.69) is 5.32 Å². The normalized spacial score (nSPS) is 16.7. The van der Waals surface area contributed by atoms with Crippen molar-refractivity contribution >= 4 is 23.4 Å². The smallest absolute Gasteiger partial charge is 0.410 e. The number of hydrogen-bond acceptors (Lipinski definition) is 6. The predicted molar refractivity (Wildman–Crippen MR) is 110 cm³/mol. The van der Waals surface area contributed by atoms with Gasteiger partial charge >= 0.3 is 6.09 Å². The number of primary amides is 1. The van der Waals surface area contributed by atoms with Crippen molar-refractivity contribution in [2.45, 2.75) is 46.1 Å². The lowest BCUT2D eigenvalue weighted by atomic mass is 10.1. The van der Waals surface area contributed by atoms with E-state index < -0.39 is 11.5 Å². The largest absolute Gasteiger partial charge is 0.491 e. The number of nitrogens with one attached hydrogen (secondary N) is 1. The summed E-state index contributed by atoms with van der Waals surface area (Å²) in [7, 11) is 0. The van der Waals surface area contributed by atoms with Gasteiger partial charge in [-0.1, -0.05) is 6.92 Å². The Hall–Kier alpha value is -2.64. The van der Waals surface area contributed by atoms with Gasteiger partial charge in [0.25, 0.3) is 0 Å². The molecule has 1 atom stereocenters. The lowest BCUT2D eigenvalue weighted by Crippen LogP contribution is -2.35. The molecule has 1 heterocycles. The summed E-state index contributed by atoms with van der Waals surface area (Å²) in [6.07, 6.45) is 1.44. The molecule has 156 valence electrons. The average Bonchev–Trinajstić information content (AvgIpc) is 3.06. The molecule has 2 rings (SSSR count). The fourth-order valence-corrected chi connectivity index (χ4v) is 3.00. The van der Waals surface area contributed by atoms with Gasteiger partial charge in [0.1, 0.15) is 17.0 Å². The molecule has 0 aliphatic carbocycles. The third-order valence-electron chi connectivity index (χ3n) is 4.38. The van der Waals surface area contributed by atoms with Crippen molar-refractivity contribution in [1.82, 2.24) is 4.90 Å². The Morgan fingerprint density at radius 2 is 2.04 bits per heavy atom. The van der Waals surface area contributed by atoms with E-state index in [9.17, 15) is 9.59 Å². The second-order valence-corrected chi connectivity index (χ2v) is 8.12. The van der Waals surface area contributed by atoms with Crippen LogP contribution in [0.1, 0.15) is 50.9 Å². The van der Waals surface area contributed by atoms with Crippen molar-refractivity contribution in [3.8, 4) is 5.75 Å². The molecule has 1 aromatic carbocycles. The molecule has 2 amide bonds. The van der Waals surface area contributed by atoms with Gasteiger partial charge in [-0.15, -0.1) is 0 Å². The molecule has 1 aliphatic heterocycles. The summed E-state index contributed by atoms with van der Waals surface area (Å²) in [6.45, 7) is 9.93. The number of ether oxygens (including phenoxy) is 2. The SMILES string of the molecule is CCCNc1c(N)cc(C(N)=O)cc1OCC1CCN(C(=O)OC(C)(C)C)C1. The highest BCUT2D eigenvalue weighted by Gasteiger charge is 2.30. The number of nitrogens with zero attached hydrogens (tertiary/aromatic N) is 1. The number of nitrogen functional groups attached to an aromatic ring is 1. The molecule has 1 saturated heterocycles. The Morgan fingerprint density at radius 3 is 2.64 bits per heavy atom. The van der Waals surface area contributed by atoms with Crippen LogP contribution in [0.5, 0.6) is 5.75 Å². The van der Waals surface area contributed by atoms with Gasteiger partial charge in [-0.3, -0.25) is 4.79 Å². The van der Waals surface area contributed by atoms with Crippen LogP contribution in [-0.4, -0.2) is 48.7 Å². The van der Waals surface area contributed by atoms with E-state index >= 15 is 0 Å². The molecule has 0 saturated carbocycles. The van der Waals surface area contributed by atoms with Crippen LogP contribution in [0.3, 0.4) is 0 Å². The van der Waals surface area contributed by atoms with Gasteiger partial charge in [0, 0.05) is 31.1 Å². The number of carbonyl (C=O) groups excluding carboxylic acids is 2. The summed E-state index contributed by atoms with van der Waals surface area (Å²) >= 11 is 0. The van der Waals surface area contributed by atoms with Crippen LogP contribution in [0.4, 0.5) is 16.2 Å². The van der Waals surface area contributed by atoms with Crippen molar-refractivity contribution in [2.24, 2.45) is 11.7 Å². The van der Waals surface area contributed by atoms with E-state index in [4.69, 9.17) is 20.9 Å². The number of nitrogens with two attached hydrogens (primary N) is 2. The van der Waals surface area contributed by atoms with Gasteiger partial charge in [0.05, 0.1) is 12.3 Å². The fourth-order valence-electron chi connectivity index (χ4n) is 3.00. The van der Waals surface area contributed by atoms with Crippen LogP contribution in [0, 0.1) is 5.92 Å². The molecule has 0 bridgehead atoms. The molecule has 28 heavy (non-hydrogen) atoms. The minimum absolute atomic E-state index is 0.171. The summed E-state index contributed by atoms with van der Waals surface area (Å²) in [5.74, 6) is 0.110. The topological polar surface area (TPSA) is 120 Å². The number of benzene rings is 1. The van der Waals surface area contributed by atoms with Crippen molar-refractivity contribution in [3.05, 3.63) is 17.7 Å². The Morgan fingerprint density at radius 1 is 1.32 bits per heavy atom. The predicted octanol–water partition coefficient (Wildman–Crippen LogP) is 2.83. The van der Waals surface area contributed by atoms with Crippen molar-refractivity contribution in [3.63, 3.8) is 0 Å². The lowest BCUT2D eigenvalue weighted by molar-refractivity contribution is 0.0284. The maximum atomic E-state index is 12.2. The van der Waals surface area contributed by atoms with Gasteiger partial charge in [-0.25, -0.2) is 4.79 Å². The minimum Gasteiger partial charge on any atom is -0.491 e. The standard InChI is InChI=1S/C20H32N4O4/c1-5-7-23-17-15(21)9-14(18(22)25)10-16(17)27-12-13-6-8-24(11-13)19(26)28-20(2,3)4/h9-10,13,23H,5-8,11-12,21H2,1-4H3,(H2,22,25). The highest BCUT2D eigenvalue weighted by molar-refractivity contribution is 5.96. The van der Waals surface area contributed by atoms with E-state index in [-0.39, 0.29) is 12.0 Å². The quantitative estimate of drug-likeness (QED) is 0.614. The molecule has 0 radical (unpaired) electrons. The first-order valence-electron chi connectivity index (χ1n) is 9.68. The fraction of sp³-hybridized carbons (Fsp3) is 0.600. The second kappa shape index (κ2) is 9.03. The number of anilines is 2. The summed E-state index contributed by atoms with van der Waals surface area (Å²) in [6, 6.07) is 3.16. The molecule has 0 spiro atoms. The van der Waals surface area contributed by atoms with Crippen LogP contribution in [0.25, 0.3) is 0 Å². The minimum atomic E-state index is -0.560. The summed E-state index contributed by atoms with van der Waals surface area (Å²) in [4.78, 5) is 25.5. The Labute approximate surface area is 166 Å². The highest BCUT2D eigenvalue weighted by atomic mass is 16.6. The van der Waals surface area contributed by atoms with Crippen molar-refractivity contribution < 1.29 is 19.1 Å². The van der Waals surface area contributed by atoms with E-state index in [0.29, 0.717) is 42.4 Å². The molecular weight excluding hydrogens is 360 g/mol. The van der Waals surface area contributed by atoms with Gasteiger partial charge in [-0.2, -0.15) is 0 Å². The Kier molecular flexibility index (Phi) is 6.99. The van der Waals surface area contributed by atoms with Gasteiger partial charge in [0.2, 0.25) is 5.91 Å². The molecular formula is C20H32N4O4.